The lowest BCUT2D eigenvalue weighted by Crippen LogP contribution is -2.23. The number of nitrogens with zero attached hydrogens (tertiary/aromatic N) is 2. The number of pyridine rings is 1. The van der Waals surface area contributed by atoms with Gasteiger partial charge in [-0.3, -0.25) is 9.78 Å². The minimum absolute atomic E-state index is 0.106. The summed E-state index contributed by atoms with van der Waals surface area (Å²) in [5.74, 6) is 0.106. The number of aromatic nitrogens is 1. The van der Waals surface area contributed by atoms with Crippen molar-refractivity contribution in [3.63, 3.8) is 0 Å². The molecule has 1 aliphatic rings. The second-order valence-corrected chi connectivity index (χ2v) is 5.72. The molecule has 3 aromatic rings. The first kappa shape index (κ1) is 13.7. The largest absolute Gasteiger partial charge is 0.330 e. The van der Waals surface area contributed by atoms with E-state index in [4.69, 9.17) is 0 Å². The van der Waals surface area contributed by atoms with E-state index >= 15 is 0 Å². The lowest BCUT2D eigenvalue weighted by Gasteiger charge is -2.15. The van der Waals surface area contributed by atoms with Crippen molar-refractivity contribution in [2.45, 2.75) is 13.1 Å². The Hall–Kier alpha value is -2.94. The van der Waals surface area contributed by atoms with Gasteiger partial charge in [0, 0.05) is 36.6 Å². The summed E-state index contributed by atoms with van der Waals surface area (Å²) in [6.45, 7) is 1.29. The molecule has 1 aliphatic heterocycles. The molecule has 1 aromatic heterocycles. The number of amides is 1. The third-order valence-corrected chi connectivity index (χ3v) is 4.23. The molecular weight excluding hydrogens is 284 g/mol. The number of rotatable bonds is 3. The highest BCUT2D eigenvalue weighted by molar-refractivity contribution is 6.00. The highest BCUT2D eigenvalue weighted by atomic mass is 16.2. The predicted octanol–water partition coefficient (Wildman–Crippen LogP) is 3.90. The zero-order valence-corrected chi connectivity index (χ0v) is 12.6. The van der Waals surface area contributed by atoms with Crippen molar-refractivity contribution < 1.29 is 4.79 Å². The number of carbonyl (C=O) groups is 1. The highest BCUT2D eigenvalue weighted by Crippen LogP contribution is 2.32. The smallest absolute Gasteiger partial charge is 0.254 e. The van der Waals surface area contributed by atoms with Gasteiger partial charge in [-0.25, -0.2) is 0 Å². The topological polar surface area (TPSA) is 33.2 Å². The summed E-state index contributed by atoms with van der Waals surface area (Å²) in [5, 5.41) is 0. The van der Waals surface area contributed by atoms with Crippen molar-refractivity contribution in [2.75, 3.05) is 0 Å². The first-order chi connectivity index (χ1) is 11.3. The van der Waals surface area contributed by atoms with Gasteiger partial charge in [-0.05, 0) is 28.8 Å². The first-order valence-corrected chi connectivity index (χ1v) is 7.68. The van der Waals surface area contributed by atoms with E-state index in [2.05, 4.69) is 23.2 Å². The first-order valence-electron chi connectivity index (χ1n) is 7.68. The molecule has 2 heterocycles. The van der Waals surface area contributed by atoms with Crippen LogP contribution in [-0.4, -0.2) is 15.8 Å². The van der Waals surface area contributed by atoms with Crippen LogP contribution in [-0.2, 0) is 13.1 Å². The van der Waals surface area contributed by atoms with Gasteiger partial charge in [-0.15, -0.1) is 0 Å². The van der Waals surface area contributed by atoms with Crippen molar-refractivity contribution in [3.8, 4) is 11.1 Å². The van der Waals surface area contributed by atoms with Gasteiger partial charge in [-0.2, -0.15) is 0 Å². The maximum atomic E-state index is 12.7. The van der Waals surface area contributed by atoms with E-state index < -0.39 is 0 Å². The van der Waals surface area contributed by atoms with E-state index in [9.17, 15) is 4.79 Å². The molecule has 2 aromatic carbocycles. The second-order valence-electron chi connectivity index (χ2n) is 5.72. The normalized spacial score (nSPS) is 13.2. The summed E-state index contributed by atoms with van der Waals surface area (Å²) in [6.07, 6.45) is 3.61. The van der Waals surface area contributed by atoms with Gasteiger partial charge in [-0.1, -0.05) is 48.5 Å². The van der Waals surface area contributed by atoms with Crippen LogP contribution in [0.25, 0.3) is 11.1 Å². The molecule has 0 bridgehead atoms. The molecule has 23 heavy (non-hydrogen) atoms. The molecule has 0 atom stereocenters. The van der Waals surface area contributed by atoms with Gasteiger partial charge in [0.25, 0.3) is 5.91 Å². The molecule has 0 spiro atoms. The molecule has 0 saturated heterocycles. The van der Waals surface area contributed by atoms with Crippen LogP contribution in [0.2, 0.25) is 0 Å². The van der Waals surface area contributed by atoms with E-state index in [-0.39, 0.29) is 5.91 Å². The average Bonchev–Trinajstić information content (AvgIpc) is 2.93. The molecule has 3 heteroatoms. The van der Waals surface area contributed by atoms with E-state index in [0.29, 0.717) is 13.1 Å². The summed E-state index contributed by atoms with van der Waals surface area (Å²) in [5.41, 5.74) is 5.21. The lowest BCUT2D eigenvalue weighted by molar-refractivity contribution is 0.0767. The lowest BCUT2D eigenvalue weighted by atomic mass is 9.98. The molecule has 0 radical (unpaired) electrons. The molecule has 0 aliphatic carbocycles. The Balaban J connectivity index is 1.69. The minimum Gasteiger partial charge on any atom is -0.330 e. The highest BCUT2D eigenvalue weighted by Gasteiger charge is 2.29. The Morgan fingerprint density at radius 2 is 1.74 bits per heavy atom. The van der Waals surface area contributed by atoms with Gasteiger partial charge in [0.2, 0.25) is 0 Å². The third-order valence-electron chi connectivity index (χ3n) is 4.23. The van der Waals surface area contributed by atoms with E-state index in [0.717, 1.165) is 27.8 Å². The number of fused-ring (bicyclic) bond motifs is 1. The summed E-state index contributed by atoms with van der Waals surface area (Å²) in [7, 11) is 0. The van der Waals surface area contributed by atoms with Crippen LogP contribution in [0.4, 0.5) is 0 Å². The Morgan fingerprint density at radius 3 is 2.52 bits per heavy atom. The van der Waals surface area contributed by atoms with Crippen LogP contribution in [0.1, 0.15) is 21.5 Å². The second kappa shape index (κ2) is 5.69. The number of benzene rings is 2. The van der Waals surface area contributed by atoms with Crippen LogP contribution in [0, 0.1) is 0 Å². The van der Waals surface area contributed by atoms with Gasteiger partial charge in [0.05, 0.1) is 0 Å². The molecule has 112 valence electrons. The van der Waals surface area contributed by atoms with Crippen LogP contribution >= 0.6 is 0 Å². The molecule has 0 saturated carbocycles. The van der Waals surface area contributed by atoms with Crippen molar-refractivity contribution in [1.29, 1.82) is 0 Å². The summed E-state index contributed by atoms with van der Waals surface area (Å²) in [4.78, 5) is 18.8. The van der Waals surface area contributed by atoms with E-state index in [1.165, 1.54) is 0 Å². The van der Waals surface area contributed by atoms with Crippen LogP contribution < -0.4 is 0 Å². The number of hydrogen-bond acceptors (Lipinski definition) is 2. The Morgan fingerprint density at radius 1 is 0.913 bits per heavy atom. The summed E-state index contributed by atoms with van der Waals surface area (Å²) < 4.78 is 0. The third kappa shape index (κ3) is 2.50. The quantitative estimate of drug-likeness (QED) is 0.735. The molecule has 0 N–H and O–H groups in total. The maximum Gasteiger partial charge on any atom is 0.254 e. The Labute approximate surface area is 135 Å². The fourth-order valence-corrected chi connectivity index (χ4v) is 3.11. The molecule has 4 rings (SSSR count). The predicted molar refractivity (Wildman–Crippen MR) is 89.7 cm³/mol. The van der Waals surface area contributed by atoms with E-state index in [1.807, 2.05) is 53.6 Å². The van der Waals surface area contributed by atoms with Crippen molar-refractivity contribution in [1.82, 2.24) is 9.88 Å². The fraction of sp³-hybridized carbons (Fsp3) is 0.100. The van der Waals surface area contributed by atoms with Crippen molar-refractivity contribution in [3.05, 3.63) is 89.7 Å². The monoisotopic (exact) mass is 300 g/mol. The van der Waals surface area contributed by atoms with Crippen molar-refractivity contribution in [2.24, 2.45) is 0 Å². The van der Waals surface area contributed by atoms with E-state index in [1.54, 1.807) is 6.20 Å². The zero-order chi connectivity index (χ0) is 15.6. The van der Waals surface area contributed by atoms with Gasteiger partial charge in [0.15, 0.2) is 0 Å². The maximum absolute atomic E-state index is 12.7. The van der Waals surface area contributed by atoms with Crippen molar-refractivity contribution >= 4 is 5.91 Å². The molecule has 1 amide bonds. The van der Waals surface area contributed by atoms with Gasteiger partial charge >= 0.3 is 0 Å². The minimum atomic E-state index is 0.106. The molecule has 0 fully saturated rings. The SMILES string of the molecule is O=C1c2cccc(-c3cccnc3)c2CN1Cc1ccccc1. The molecule has 0 unspecified atom stereocenters. The number of hydrogen-bond donors (Lipinski definition) is 0. The fourth-order valence-electron chi connectivity index (χ4n) is 3.11. The standard InChI is InChI=1S/C20H16N2O/c23-20-18-10-4-9-17(16-8-5-11-21-12-16)19(18)14-22(20)13-15-6-2-1-3-7-15/h1-12H,13-14H2. The van der Waals surface area contributed by atoms with Crippen LogP contribution in [0.15, 0.2) is 73.1 Å². The van der Waals surface area contributed by atoms with Gasteiger partial charge < -0.3 is 4.90 Å². The Bertz CT molecular complexity index is 844. The zero-order valence-electron chi connectivity index (χ0n) is 12.6. The Kier molecular flexibility index (Phi) is 3.39. The summed E-state index contributed by atoms with van der Waals surface area (Å²) >= 11 is 0. The van der Waals surface area contributed by atoms with Crippen LogP contribution in [0.5, 0.6) is 0 Å². The molecule has 3 nitrogen and oxygen atoms in total. The van der Waals surface area contributed by atoms with Crippen LogP contribution in [0.3, 0.4) is 0 Å². The average molecular weight is 300 g/mol. The number of carbonyl (C=O) groups excluding carboxylic acids is 1. The van der Waals surface area contributed by atoms with Gasteiger partial charge in [0.1, 0.15) is 0 Å². The molecular formula is C20H16N2O. The summed E-state index contributed by atoms with van der Waals surface area (Å²) in [6, 6.07) is 20.0.